The Hall–Kier alpha value is -1.58. The molecule has 2 rings (SSSR count). The number of hydrogen-bond acceptors (Lipinski definition) is 3. The number of rotatable bonds is 0. The Kier molecular flexibility index (Phi) is 1.30. The van der Waals surface area contributed by atoms with Crippen LogP contribution in [0.2, 0.25) is 0 Å². The maximum absolute atomic E-state index is 13.1. The summed E-state index contributed by atoms with van der Waals surface area (Å²) in [5.74, 6) is -1.09. The fraction of sp³-hybridized carbons (Fsp3) is 0.125. The molecular weight excluding hydrogens is 161 g/mol. The number of oxazole rings is 1. The third kappa shape index (κ3) is 0.777. The quantitative estimate of drug-likeness (QED) is 0.652. The van der Waals surface area contributed by atoms with Gasteiger partial charge >= 0.3 is 0 Å². The Balaban J connectivity index is 2.94. The SMILES string of the molecule is Cc1cc2ocnc2c(F)c1O. The standard InChI is InChI=1S/C8H6FNO2/c1-4-2-5-7(10-3-12-5)6(9)8(4)11/h2-3,11H,1H3. The number of phenols is 1. The lowest BCUT2D eigenvalue weighted by Crippen LogP contribution is -1.83. The van der Waals surface area contributed by atoms with E-state index in [4.69, 9.17) is 9.52 Å². The van der Waals surface area contributed by atoms with E-state index in [2.05, 4.69) is 4.98 Å². The summed E-state index contributed by atoms with van der Waals surface area (Å²) in [5, 5.41) is 9.17. The van der Waals surface area contributed by atoms with Crippen LogP contribution in [-0.2, 0) is 0 Å². The Labute approximate surface area is 67.5 Å². The number of halogens is 1. The first-order valence-corrected chi connectivity index (χ1v) is 3.41. The summed E-state index contributed by atoms with van der Waals surface area (Å²) in [6.07, 6.45) is 1.15. The minimum Gasteiger partial charge on any atom is -0.505 e. The molecule has 1 N–H and O–H groups in total. The van der Waals surface area contributed by atoms with Crippen molar-refractivity contribution >= 4 is 11.1 Å². The molecule has 0 fully saturated rings. The van der Waals surface area contributed by atoms with E-state index >= 15 is 0 Å². The van der Waals surface area contributed by atoms with Crippen LogP contribution in [0.15, 0.2) is 16.9 Å². The van der Waals surface area contributed by atoms with E-state index in [0.29, 0.717) is 11.1 Å². The highest BCUT2D eigenvalue weighted by molar-refractivity contribution is 5.76. The lowest BCUT2D eigenvalue weighted by molar-refractivity contribution is 0.431. The fourth-order valence-corrected chi connectivity index (χ4v) is 1.07. The molecule has 0 saturated carbocycles. The first-order chi connectivity index (χ1) is 5.70. The summed E-state index contributed by atoms with van der Waals surface area (Å²) in [5.41, 5.74) is 0.859. The lowest BCUT2D eigenvalue weighted by atomic mass is 10.2. The van der Waals surface area contributed by atoms with Crippen molar-refractivity contribution in [2.45, 2.75) is 6.92 Å². The highest BCUT2D eigenvalue weighted by Gasteiger charge is 2.12. The van der Waals surface area contributed by atoms with E-state index in [0.717, 1.165) is 6.39 Å². The van der Waals surface area contributed by atoms with Crippen LogP contribution < -0.4 is 0 Å². The van der Waals surface area contributed by atoms with Crippen molar-refractivity contribution in [1.82, 2.24) is 4.98 Å². The second-order valence-corrected chi connectivity index (χ2v) is 2.56. The Morgan fingerprint density at radius 3 is 3.08 bits per heavy atom. The molecule has 0 spiro atoms. The molecule has 3 nitrogen and oxygen atoms in total. The molecule has 0 amide bonds. The summed E-state index contributed by atoms with van der Waals surface area (Å²) in [6.45, 7) is 1.60. The highest BCUT2D eigenvalue weighted by atomic mass is 19.1. The van der Waals surface area contributed by atoms with Crippen LogP contribution in [0.25, 0.3) is 11.1 Å². The minimum absolute atomic E-state index is 0.0677. The maximum atomic E-state index is 13.1. The van der Waals surface area contributed by atoms with Gasteiger partial charge < -0.3 is 9.52 Å². The predicted octanol–water partition coefficient (Wildman–Crippen LogP) is 1.98. The molecule has 12 heavy (non-hydrogen) atoms. The fourth-order valence-electron chi connectivity index (χ4n) is 1.07. The van der Waals surface area contributed by atoms with Gasteiger partial charge in [-0.15, -0.1) is 0 Å². The van der Waals surface area contributed by atoms with Gasteiger partial charge in [0.25, 0.3) is 0 Å². The van der Waals surface area contributed by atoms with Crippen molar-refractivity contribution in [2.75, 3.05) is 0 Å². The van der Waals surface area contributed by atoms with Crippen molar-refractivity contribution in [3.05, 3.63) is 23.8 Å². The lowest BCUT2D eigenvalue weighted by Gasteiger charge is -1.98. The average molecular weight is 167 g/mol. The Morgan fingerprint density at radius 2 is 2.33 bits per heavy atom. The summed E-state index contributed by atoms with van der Waals surface area (Å²) >= 11 is 0. The first kappa shape index (κ1) is 7.09. The van der Waals surface area contributed by atoms with Gasteiger partial charge in [-0.1, -0.05) is 0 Å². The molecule has 0 aliphatic rings. The van der Waals surface area contributed by atoms with Crippen molar-refractivity contribution in [1.29, 1.82) is 0 Å². The van der Waals surface area contributed by atoms with Gasteiger partial charge in [-0.25, -0.2) is 9.37 Å². The Bertz CT molecular complexity index is 436. The Morgan fingerprint density at radius 1 is 1.58 bits per heavy atom. The summed E-state index contributed by atoms with van der Waals surface area (Å²) in [4.78, 5) is 3.62. The second-order valence-electron chi connectivity index (χ2n) is 2.56. The number of fused-ring (bicyclic) bond motifs is 1. The van der Waals surface area contributed by atoms with E-state index in [9.17, 15) is 4.39 Å². The van der Waals surface area contributed by atoms with Crippen LogP contribution in [0, 0.1) is 12.7 Å². The predicted molar refractivity (Wildman–Crippen MR) is 40.4 cm³/mol. The highest BCUT2D eigenvalue weighted by Crippen LogP contribution is 2.27. The molecule has 1 heterocycles. The van der Waals surface area contributed by atoms with E-state index in [1.807, 2.05) is 0 Å². The number of hydrogen-bond donors (Lipinski definition) is 1. The maximum Gasteiger partial charge on any atom is 0.194 e. The van der Waals surface area contributed by atoms with Gasteiger partial charge in [0.1, 0.15) is 5.52 Å². The molecule has 1 aromatic heterocycles. The number of aromatic hydroxyl groups is 1. The smallest absolute Gasteiger partial charge is 0.194 e. The van der Waals surface area contributed by atoms with Crippen molar-refractivity contribution in [3.8, 4) is 5.75 Å². The summed E-state index contributed by atoms with van der Waals surface area (Å²) in [7, 11) is 0. The molecule has 1 aromatic carbocycles. The molecule has 4 heteroatoms. The zero-order valence-corrected chi connectivity index (χ0v) is 6.34. The van der Waals surface area contributed by atoms with Crippen molar-refractivity contribution in [2.24, 2.45) is 0 Å². The monoisotopic (exact) mass is 167 g/mol. The van der Waals surface area contributed by atoms with Gasteiger partial charge in [0.2, 0.25) is 0 Å². The van der Waals surface area contributed by atoms with Crippen LogP contribution in [0.4, 0.5) is 4.39 Å². The van der Waals surface area contributed by atoms with E-state index < -0.39 is 5.82 Å². The van der Waals surface area contributed by atoms with Crippen molar-refractivity contribution in [3.63, 3.8) is 0 Å². The number of aryl methyl sites for hydroxylation is 1. The topological polar surface area (TPSA) is 46.3 Å². The first-order valence-electron chi connectivity index (χ1n) is 3.41. The van der Waals surface area contributed by atoms with Gasteiger partial charge in [0, 0.05) is 0 Å². The molecule has 0 unspecified atom stereocenters. The minimum atomic E-state index is -0.723. The van der Waals surface area contributed by atoms with Gasteiger partial charge in [-0.2, -0.15) is 0 Å². The number of aromatic nitrogens is 1. The van der Waals surface area contributed by atoms with Crippen LogP contribution in [0.3, 0.4) is 0 Å². The number of benzene rings is 1. The zero-order valence-electron chi connectivity index (χ0n) is 6.34. The van der Waals surface area contributed by atoms with E-state index in [1.165, 1.54) is 0 Å². The third-order valence-corrected chi connectivity index (χ3v) is 1.73. The molecule has 62 valence electrons. The molecule has 0 radical (unpaired) electrons. The van der Waals surface area contributed by atoms with E-state index in [-0.39, 0.29) is 11.3 Å². The van der Waals surface area contributed by atoms with Gasteiger partial charge in [0.15, 0.2) is 23.5 Å². The van der Waals surface area contributed by atoms with Gasteiger partial charge in [0.05, 0.1) is 0 Å². The molecule has 0 aliphatic heterocycles. The van der Waals surface area contributed by atoms with Gasteiger partial charge in [-0.3, -0.25) is 0 Å². The molecular formula is C8H6FNO2. The summed E-state index contributed by atoms with van der Waals surface area (Å²) in [6, 6.07) is 1.54. The average Bonchev–Trinajstić information content (AvgIpc) is 2.48. The molecule has 0 aliphatic carbocycles. The molecule has 0 saturated heterocycles. The van der Waals surface area contributed by atoms with Crippen LogP contribution in [0.1, 0.15) is 5.56 Å². The number of nitrogens with zero attached hydrogens (tertiary/aromatic N) is 1. The van der Waals surface area contributed by atoms with Crippen molar-refractivity contribution < 1.29 is 13.9 Å². The van der Waals surface area contributed by atoms with Gasteiger partial charge in [-0.05, 0) is 18.6 Å². The van der Waals surface area contributed by atoms with Crippen LogP contribution in [-0.4, -0.2) is 10.1 Å². The van der Waals surface area contributed by atoms with Crippen LogP contribution in [0.5, 0.6) is 5.75 Å². The third-order valence-electron chi connectivity index (χ3n) is 1.73. The number of phenolic OH excluding ortho intramolecular Hbond substituents is 1. The molecule has 0 bridgehead atoms. The summed E-state index contributed by atoms with van der Waals surface area (Å²) < 4.78 is 18.0. The largest absolute Gasteiger partial charge is 0.505 e. The molecule has 2 aromatic rings. The second kappa shape index (κ2) is 2.20. The normalized spacial score (nSPS) is 10.8. The van der Waals surface area contributed by atoms with Crippen LogP contribution >= 0.6 is 0 Å². The van der Waals surface area contributed by atoms with E-state index in [1.54, 1.807) is 13.0 Å². The zero-order chi connectivity index (χ0) is 8.72. The molecule has 0 atom stereocenters.